The Morgan fingerprint density at radius 2 is 1.97 bits per heavy atom. The standard InChI is InChI=1S/C23H31FN2O6S/c24-20-7-6-17(10-21(20)32-12-16-4-5-16)19(18-13-31-14-18)15-33(29,30)9-3-1-2-8-26-11-22(27)25-23(26)28/h6-7,10,16,18-19H,1-5,8-9,11-15H2,(H,25,27,28)/t19-/m0/s1. The summed E-state index contributed by atoms with van der Waals surface area (Å²) in [6, 6.07) is 4.27. The number of amides is 3. The highest BCUT2D eigenvalue weighted by atomic mass is 32.2. The molecule has 1 aromatic rings. The van der Waals surface area contributed by atoms with E-state index in [0.717, 1.165) is 18.4 Å². The average Bonchev–Trinajstić information content (AvgIpc) is 3.49. The molecule has 0 spiro atoms. The van der Waals surface area contributed by atoms with Crippen molar-refractivity contribution in [3.63, 3.8) is 0 Å². The number of ether oxygens (including phenoxy) is 2. The van der Waals surface area contributed by atoms with Crippen molar-refractivity contribution in [2.75, 3.05) is 44.4 Å². The smallest absolute Gasteiger partial charge is 0.324 e. The molecule has 3 fully saturated rings. The Hall–Kier alpha value is -2.20. The molecule has 3 amide bonds. The van der Waals surface area contributed by atoms with Crippen LogP contribution in [0.5, 0.6) is 5.75 Å². The van der Waals surface area contributed by atoms with Gasteiger partial charge in [-0.2, -0.15) is 0 Å². The molecule has 8 nitrogen and oxygen atoms in total. The lowest BCUT2D eigenvalue weighted by Crippen LogP contribution is -2.36. The predicted molar refractivity (Wildman–Crippen MR) is 119 cm³/mol. The maximum atomic E-state index is 14.2. The molecule has 33 heavy (non-hydrogen) atoms. The number of halogens is 1. The van der Waals surface area contributed by atoms with E-state index in [1.54, 1.807) is 12.1 Å². The van der Waals surface area contributed by atoms with E-state index >= 15 is 0 Å². The SMILES string of the molecule is O=C1CN(CCCCCS(=O)(=O)C[C@@H](c2ccc(F)c(OCC3CC3)c2)C2COC2)C(=O)N1. The number of carbonyl (C=O) groups is 2. The summed E-state index contributed by atoms with van der Waals surface area (Å²) in [4.78, 5) is 24.2. The maximum absolute atomic E-state index is 14.2. The zero-order chi connectivity index (χ0) is 23.4. The highest BCUT2D eigenvalue weighted by Crippen LogP contribution is 2.35. The van der Waals surface area contributed by atoms with Gasteiger partial charge in [-0.25, -0.2) is 17.6 Å². The van der Waals surface area contributed by atoms with Crippen LogP contribution in [0.15, 0.2) is 18.2 Å². The second-order valence-electron chi connectivity index (χ2n) is 9.30. The number of benzene rings is 1. The van der Waals surface area contributed by atoms with Crippen molar-refractivity contribution < 1.29 is 31.9 Å². The molecule has 1 saturated carbocycles. The van der Waals surface area contributed by atoms with Gasteiger partial charge in [0.05, 0.1) is 31.3 Å². The van der Waals surface area contributed by atoms with Crippen LogP contribution in [0, 0.1) is 17.7 Å². The molecular formula is C23H31FN2O6S. The van der Waals surface area contributed by atoms with Crippen molar-refractivity contribution >= 4 is 21.8 Å². The van der Waals surface area contributed by atoms with Gasteiger partial charge in [-0.05, 0) is 49.3 Å². The first-order valence-corrected chi connectivity index (χ1v) is 13.4. The number of carbonyl (C=O) groups excluding carboxylic acids is 2. The number of rotatable bonds is 13. The largest absolute Gasteiger partial charge is 0.490 e. The Morgan fingerprint density at radius 3 is 2.61 bits per heavy atom. The quantitative estimate of drug-likeness (QED) is 0.342. The molecule has 1 aromatic carbocycles. The van der Waals surface area contributed by atoms with Crippen LogP contribution < -0.4 is 10.1 Å². The number of nitrogens with one attached hydrogen (secondary N) is 1. The summed E-state index contributed by atoms with van der Waals surface area (Å²) in [6.07, 6.45) is 3.97. The molecule has 4 rings (SSSR count). The lowest BCUT2D eigenvalue weighted by atomic mass is 9.86. The van der Waals surface area contributed by atoms with E-state index in [-0.39, 0.29) is 41.5 Å². The van der Waals surface area contributed by atoms with Crippen LogP contribution >= 0.6 is 0 Å². The van der Waals surface area contributed by atoms with E-state index in [2.05, 4.69) is 5.32 Å². The molecule has 2 saturated heterocycles. The highest BCUT2D eigenvalue weighted by molar-refractivity contribution is 7.91. The number of urea groups is 1. The number of hydrogen-bond donors (Lipinski definition) is 1. The molecule has 1 atom stereocenters. The number of unbranched alkanes of at least 4 members (excludes halogenated alkanes) is 2. The minimum Gasteiger partial charge on any atom is -0.490 e. The second kappa shape index (κ2) is 10.4. The van der Waals surface area contributed by atoms with E-state index in [9.17, 15) is 22.4 Å². The zero-order valence-corrected chi connectivity index (χ0v) is 19.4. The van der Waals surface area contributed by atoms with E-state index in [1.807, 2.05) is 0 Å². The van der Waals surface area contributed by atoms with Crippen molar-refractivity contribution in [1.29, 1.82) is 0 Å². The fraction of sp³-hybridized carbons (Fsp3) is 0.652. The molecule has 3 aliphatic rings. The summed E-state index contributed by atoms with van der Waals surface area (Å²) in [5.74, 6) is -0.225. The highest BCUT2D eigenvalue weighted by Gasteiger charge is 2.34. The third kappa shape index (κ3) is 6.66. The summed E-state index contributed by atoms with van der Waals surface area (Å²) >= 11 is 0. The Labute approximate surface area is 193 Å². The van der Waals surface area contributed by atoms with Crippen LogP contribution in [-0.4, -0.2) is 69.7 Å². The van der Waals surface area contributed by atoms with Gasteiger partial charge < -0.3 is 14.4 Å². The Balaban J connectivity index is 1.30. The van der Waals surface area contributed by atoms with Gasteiger partial charge in [0, 0.05) is 18.4 Å². The summed E-state index contributed by atoms with van der Waals surface area (Å²) in [5, 5.41) is 2.22. The van der Waals surface area contributed by atoms with E-state index < -0.39 is 21.7 Å². The van der Waals surface area contributed by atoms with Gasteiger partial charge in [-0.3, -0.25) is 10.1 Å². The van der Waals surface area contributed by atoms with Crippen molar-refractivity contribution in [3.05, 3.63) is 29.6 Å². The predicted octanol–water partition coefficient (Wildman–Crippen LogP) is 2.48. The van der Waals surface area contributed by atoms with Gasteiger partial charge in [-0.15, -0.1) is 0 Å². The fourth-order valence-corrected chi connectivity index (χ4v) is 5.99. The Bertz CT molecular complexity index is 977. The monoisotopic (exact) mass is 482 g/mol. The summed E-state index contributed by atoms with van der Waals surface area (Å²) in [7, 11) is -3.35. The number of imide groups is 1. The fourth-order valence-electron chi connectivity index (χ4n) is 4.17. The molecule has 0 bridgehead atoms. The van der Waals surface area contributed by atoms with Crippen LogP contribution in [0.1, 0.15) is 43.6 Å². The van der Waals surface area contributed by atoms with Gasteiger partial charge in [-0.1, -0.05) is 12.5 Å². The molecule has 10 heteroatoms. The third-order valence-electron chi connectivity index (χ3n) is 6.47. The summed E-state index contributed by atoms with van der Waals surface area (Å²) < 4.78 is 50.9. The number of nitrogens with zero attached hydrogens (tertiary/aromatic N) is 1. The second-order valence-corrected chi connectivity index (χ2v) is 11.5. The first kappa shape index (κ1) is 23.9. The molecule has 2 heterocycles. The van der Waals surface area contributed by atoms with Crippen LogP contribution in [0.2, 0.25) is 0 Å². The average molecular weight is 483 g/mol. The van der Waals surface area contributed by atoms with Crippen LogP contribution in [0.25, 0.3) is 0 Å². The van der Waals surface area contributed by atoms with E-state index in [1.165, 1.54) is 11.0 Å². The maximum Gasteiger partial charge on any atom is 0.324 e. The number of sulfone groups is 1. The molecule has 0 radical (unpaired) electrons. The van der Waals surface area contributed by atoms with Gasteiger partial charge in [0.25, 0.3) is 0 Å². The molecule has 1 aliphatic carbocycles. The normalized spacial score (nSPS) is 20.0. The third-order valence-corrected chi connectivity index (χ3v) is 8.25. The lowest BCUT2D eigenvalue weighted by Gasteiger charge is -2.34. The van der Waals surface area contributed by atoms with E-state index in [0.29, 0.717) is 51.5 Å². The Kier molecular flexibility index (Phi) is 7.53. The van der Waals surface area contributed by atoms with Crippen LogP contribution in [-0.2, 0) is 19.4 Å². The minimum absolute atomic E-state index is 0.0161. The molecule has 1 N–H and O–H groups in total. The first-order chi connectivity index (χ1) is 15.8. The van der Waals surface area contributed by atoms with Crippen molar-refractivity contribution in [3.8, 4) is 5.75 Å². The van der Waals surface area contributed by atoms with Crippen LogP contribution in [0.3, 0.4) is 0 Å². The van der Waals surface area contributed by atoms with E-state index in [4.69, 9.17) is 9.47 Å². The molecular weight excluding hydrogens is 451 g/mol. The molecule has 0 aromatic heterocycles. The van der Waals surface area contributed by atoms with Gasteiger partial charge >= 0.3 is 6.03 Å². The van der Waals surface area contributed by atoms with Crippen LogP contribution in [0.4, 0.5) is 9.18 Å². The zero-order valence-electron chi connectivity index (χ0n) is 18.6. The lowest BCUT2D eigenvalue weighted by molar-refractivity contribution is -0.118. The minimum atomic E-state index is -3.35. The Morgan fingerprint density at radius 1 is 1.18 bits per heavy atom. The topological polar surface area (TPSA) is 102 Å². The summed E-state index contributed by atoms with van der Waals surface area (Å²) in [5.41, 5.74) is 0.767. The molecule has 2 aliphatic heterocycles. The first-order valence-electron chi connectivity index (χ1n) is 11.6. The molecule has 0 unspecified atom stereocenters. The molecule has 182 valence electrons. The summed E-state index contributed by atoms with van der Waals surface area (Å²) in [6.45, 7) is 1.97. The van der Waals surface area contributed by atoms with Crippen molar-refractivity contribution in [2.24, 2.45) is 11.8 Å². The number of hydrogen-bond acceptors (Lipinski definition) is 6. The van der Waals surface area contributed by atoms with Gasteiger partial charge in [0.1, 0.15) is 6.54 Å². The van der Waals surface area contributed by atoms with Crippen molar-refractivity contribution in [2.45, 2.75) is 38.0 Å². The van der Waals surface area contributed by atoms with Gasteiger partial charge in [0.15, 0.2) is 21.4 Å². The van der Waals surface area contributed by atoms with Gasteiger partial charge in [0.2, 0.25) is 5.91 Å². The van der Waals surface area contributed by atoms with Crippen molar-refractivity contribution in [1.82, 2.24) is 10.2 Å².